The summed E-state index contributed by atoms with van der Waals surface area (Å²) in [6.07, 6.45) is 7.55. The maximum Gasteiger partial charge on any atom is 0.127 e. The van der Waals surface area contributed by atoms with Crippen LogP contribution in [0.3, 0.4) is 0 Å². The highest BCUT2D eigenvalue weighted by Gasteiger charge is 2.00. The lowest BCUT2D eigenvalue weighted by atomic mass is 10.5. The zero-order valence-electron chi connectivity index (χ0n) is 9.01. The predicted octanol–water partition coefficient (Wildman–Crippen LogP) is 1.25. The summed E-state index contributed by atoms with van der Waals surface area (Å²) in [6, 6.07) is 0. The van der Waals surface area contributed by atoms with Crippen LogP contribution in [0.2, 0.25) is 0 Å². The van der Waals surface area contributed by atoms with E-state index < -0.39 is 0 Å². The average molecular weight is 205 g/mol. The molecule has 0 aromatic carbocycles. The van der Waals surface area contributed by atoms with Crippen molar-refractivity contribution in [1.82, 2.24) is 19.3 Å². The van der Waals surface area contributed by atoms with Crippen LogP contribution in [0, 0.1) is 0 Å². The zero-order valence-corrected chi connectivity index (χ0v) is 9.01. The molecular formula is C10H15N5. The number of aromatic nitrogens is 4. The smallest absolute Gasteiger partial charge is 0.127 e. The molecule has 5 nitrogen and oxygen atoms in total. The van der Waals surface area contributed by atoms with E-state index in [0.29, 0.717) is 0 Å². The van der Waals surface area contributed by atoms with Gasteiger partial charge in [-0.15, -0.1) is 0 Å². The van der Waals surface area contributed by atoms with Gasteiger partial charge in [0.1, 0.15) is 5.82 Å². The third-order valence-electron chi connectivity index (χ3n) is 2.33. The molecule has 80 valence electrons. The van der Waals surface area contributed by atoms with Crippen molar-refractivity contribution in [2.45, 2.75) is 20.0 Å². The topological polar surface area (TPSA) is 47.7 Å². The molecule has 0 fully saturated rings. The van der Waals surface area contributed by atoms with Gasteiger partial charge < -0.3 is 9.88 Å². The van der Waals surface area contributed by atoms with Gasteiger partial charge in [-0.05, 0) is 6.92 Å². The van der Waals surface area contributed by atoms with Crippen LogP contribution in [-0.4, -0.2) is 19.3 Å². The Hall–Kier alpha value is -1.78. The second-order valence-electron chi connectivity index (χ2n) is 3.39. The average Bonchev–Trinajstić information content (AvgIpc) is 2.84. The summed E-state index contributed by atoms with van der Waals surface area (Å²) in [6.45, 7) is 3.68. The van der Waals surface area contributed by atoms with Gasteiger partial charge in [-0.25, -0.2) is 4.98 Å². The van der Waals surface area contributed by atoms with E-state index in [9.17, 15) is 0 Å². The van der Waals surface area contributed by atoms with Crippen molar-refractivity contribution in [1.29, 1.82) is 0 Å². The minimum absolute atomic E-state index is 0.721. The summed E-state index contributed by atoms with van der Waals surface area (Å²) in [5, 5.41) is 7.46. The summed E-state index contributed by atoms with van der Waals surface area (Å²) in [5.41, 5.74) is 1.03. The lowest BCUT2D eigenvalue weighted by molar-refractivity contribution is 0.660. The van der Waals surface area contributed by atoms with Crippen molar-refractivity contribution in [2.75, 3.05) is 5.32 Å². The minimum atomic E-state index is 0.721. The highest BCUT2D eigenvalue weighted by atomic mass is 15.3. The molecule has 0 saturated carbocycles. The number of nitrogens with zero attached hydrogens (tertiary/aromatic N) is 4. The summed E-state index contributed by atoms with van der Waals surface area (Å²) in [4.78, 5) is 4.23. The maximum atomic E-state index is 4.23. The molecule has 0 aliphatic carbocycles. The molecule has 2 aromatic heterocycles. The van der Waals surface area contributed by atoms with E-state index in [1.165, 1.54) is 0 Å². The first kappa shape index (κ1) is 9.76. The van der Waals surface area contributed by atoms with Gasteiger partial charge in [0.2, 0.25) is 0 Å². The second-order valence-corrected chi connectivity index (χ2v) is 3.39. The van der Waals surface area contributed by atoms with Crippen LogP contribution in [0.5, 0.6) is 0 Å². The fourth-order valence-electron chi connectivity index (χ4n) is 1.38. The van der Waals surface area contributed by atoms with Gasteiger partial charge in [0.25, 0.3) is 0 Å². The number of hydrogen-bond donors (Lipinski definition) is 1. The molecule has 0 saturated heterocycles. The molecule has 0 aliphatic rings. The number of anilines is 1. The van der Waals surface area contributed by atoms with Gasteiger partial charge in [0, 0.05) is 32.2 Å². The van der Waals surface area contributed by atoms with Crippen molar-refractivity contribution in [3.05, 3.63) is 30.6 Å². The van der Waals surface area contributed by atoms with Crippen LogP contribution in [-0.2, 0) is 20.1 Å². The van der Waals surface area contributed by atoms with E-state index in [1.807, 2.05) is 34.9 Å². The molecule has 0 aliphatic heterocycles. The lowest BCUT2D eigenvalue weighted by Crippen LogP contribution is -2.05. The van der Waals surface area contributed by atoms with E-state index in [2.05, 4.69) is 22.3 Å². The zero-order chi connectivity index (χ0) is 10.7. The molecule has 0 unspecified atom stereocenters. The Labute approximate surface area is 88.7 Å². The second kappa shape index (κ2) is 4.16. The molecule has 0 spiro atoms. The Morgan fingerprint density at radius 3 is 2.93 bits per heavy atom. The molecule has 1 N–H and O–H groups in total. The first-order chi connectivity index (χ1) is 7.29. The number of imidazole rings is 1. The van der Waals surface area contributed by atoms with E-state index >= 15 is 0 Å². The summed E-state index contributed by atoms with van der Waals surface area (Å²) >= 11 is 0. The largest absolute Gasteiger partial charge is 0.375 e. The van der Waals surface area contributed by atoms with E-state index in [-0.39, 0.29) is 0 Å². The summed E-state index contributed by atoms with van der Waals surface area (Å²) in [5.74, 6) is 1.01. The van der Waals surface area contributed by atoms with Gasteiger partial charge in [0.05, 0.1) is 18.4 Å². The number of hydrogen-bond acceptors (Lipinski definition) is 3. The van der Waals surface area contributed by atoms with Crippen molar-refractivity contribution < 1.29 is 0 Å². The molecular weight excluding hydrogens is 190 g/mol. The third kappa shape index (κ3) is 2.18. The van der Waals surface area contributed by atoms with Gasteiger partial charge in [-0.2, -0.15) is 5.10 Å². The fraction of sp³-hybridized carbons (Fsp3) is 0.400. The van der Waals surface area contributed by atoms with Crippen molar-refractivity contribution in [3.63, 3.8) is 0 Å². The van der Waals surface area contributed by atoms with E-state index in [0.717, 1.165) is 24.6 Å². The van der Waals surface area contributed by atoms with Crippen molar-refractivity contribution in [3.8, 4) is 0 Å². The van der Waals surface area contributed by atoms with Crippen LogP contribution in [0.15, 0.2) is 24.8 Å². The Bertz CT molecular complexity index is 428. The Balaban J connectivity index is 1.96. The minimum Gasteiger partial charge on any atom is -0.375 e. The SMILES string of the molecule is CCn1cc(NCc2nccn2C)cn1. The maximum absolute atomic E-state index is 4.23. The molecule has 2 heterocycles. The van der Waals surface area contributed by atoms with Crippen LogP contribution in [0.1, 0.15) is 12.7 Å². The van der Waals surface area contributed by atoms with Gasteiger partial charge >= 0.3 is 0 Å². The fourth-order valence-corrected chi connectivity index (χ4v) is 1.38. The number of aryl methyl sites for hydroxylation is 2. The van der Waals surface area contributed by atoms with E-state index in [1.54, 1.807) is 6.20 Å². The highest BCUT2D eigenvalue weighted by Crippen LogP contribution is 2.06. The molecule has 2 aromatic rings. The standard InChI is InChI=1S/C10H15N5/c1-3-15-8-9(6-13-15)12-7-10-11-4-5-14(10)2/h4-6,8,12H,3,7H2,1-2H3. The molecule has 0 amide bonds. The quantitative estimate of drug-likeness (QED) is 0.817. The van der Waals surface area contributed by atoms with Crippen molar-refractivity contribution >= 4 is 5.69 Å². The normalized spacial score (nSPS) is 10.5. The lowest BCUT2D eigenvalue weighted by Gasteiger charge is -2.03. The van der Waals surface area contributed by atoms with Crippen LogP contribution in [0.4, 0.5) is 5.69 Å². The summed E-state index contributed by atoms with van der Waals surface area (Å²) in [7, 11) is 1.99. The highest BCUT2D eigenvalue weighted by molar-refractivity contribution is 5.38. The molecule has 0 atom stereocenters. The van der Waals surface area contributed by atoms with E-state index in [4.69, 9.17) is 0 Å². The predicted molar refractivity (Wildman–Crippen MR) is 58.4 cm³/mol. The van der Waals surface area contributed by atoms with Gasteiger partial charge in [-0.1, -0.05) is 0 Å². The molecule has 0 bridgehead atoms. The van der Waals surface area contributed by atoms with Crippen LogP contribution < -0.4 is 5.32 Å². The number of nitrogens with one attached hydrogen (secondary N) is 1. The third-order valence-corrected chi connectivity index (χ3v) is 2.33. The van der Waals surface area contributed by atoms with Crippen LogP contribution in [0.25, 0.3) is 0 Å². The Kier molecular flexibility index (Phi) is 2.71. The first-order valence-electron chi connectivity index (χ1n) is 5.02. The Morgan fingerprint density at radius 2 is 2.33 bits per heavy atom. The summed E-state index contributed by atoms with van der Waals surface area (Å²) < 4.78 is 3.89. The van der Waals surface area contributed by atoms with Gasteiger partial charge in [0.15, 0.2) is 0 Å². The van der Waals surface area contributed by atoms with Crippen molar-refractivity contribution in [2.24, 2.45) is 7.05 Å². The number of rotatable bonds is 4. The molecule has 0 radical (unpaired) electrons. The monoisotopic (exact) mass is 205 g/mol. The molecule has 2 rings (SSSR count). The first-order valence-corrected chi connectivity index (χ1v) is 5.02. The molecule has 5 heteroatoms. The van der Waals surface area contributed by atoms with Crippen LogP contribution >= 0.6 is 0 Å². The Morgan fingerprint density at radius 1 is 1.47 bits per heavy atom. The van der Waals surface area contributed by atoms with Gasteiger partial charge in [-0.3, -0.25) is 4.68 Å². The molecule has 15 heavy (non-hydrogen) atoms.